The van der Waals surface area contributed by atoms with Crippen molar-refractivity contribution in [2.75, 3.05) is 6.61 Å². The minimum absolute atomic E-state index is 0.223. The Hall–Kier alpha value is -1.39. The van der Waals surface area contributed by atoms with E-state index in [2.05, 4.69) is 0 Å². The zero-order valence-electron chi connectivity index (χ0n) is 11.5. The molecule has 1 fully saturated rings. The summed E-state index contributed by atoms with van der Waals surface area (Å²) >= 11 is 0. The lowest BCUT2D eigenvalue weighted by Gasteiger charge is -2.44. The Morgan fingerprint density at radius 3 is 2.63 bits per heavy atom. The van der Waals surface area contributed by atoms with Gasteiger partial charge in [-0.15, -0.1) is 0 Å². The summed E-state index contributed by atoms with van der Waals surface area (Å²) in [4.78, 5) is 11.1. The van der Waals surface area contributed by atoms with E-state index in [4.69, 9.17) is 15.2 Å². The van der Waals surface area contributed by atoms with Gasteiger partial charge in [0.2, 0.25) is 5.91 Å². The Balaban J connectivity index is 2.08. The molecule has 0 bridgehead atoms. The summed E-state index contributed by atoms with van der Waals surface area (Å²) in [7, 11) is 0. The largest absolute Gasteiger partial charge is 0.370 e. The normalized spacial score (nSPS) is 31.1. The number of benzene rings is 1. The van der Waals surface area contributed by atoms with Crippen LogP contribution in [0.15, 0.2) is 30.3 Å². The van der Waals surface area contributed by atoms with Gasteiger partial charge in [-0.05, 0) is 19.4 Å². The molecule has 1 amide bonds. The molecule has 1 aromatic rings. The van der Waals surface area contributed by atoms with E-state index >= 15 is 0 Å². The fourth-order valence-corrected chi connectivity index (χ4v) is 2.63. The van der Waals surface area contributed by atoms with Crippen LogP contribution in [0.1, 0.15) is 32.3 Å². The number of primary amides is 1. The zero-order chi connectivity index (χ0) is 13.9. The molecule has 1 aromatic carbocycles. The Bertz CT molecular complexity index is 448. The van der Waals surface area contributed by atoms with Crippen molar-refractivity contribution in [2.24, 2.45) is 5.73 Å². The van der Waals surface area contributed by atoms with Crippen LogP contribution in [0.4, 0.5) is 0 Å². The molecule has 0 saturated carbocycles. The molecule has 2 rings (SSSR count). The lowest BCUT2D eigenvalue weighted by Crippen LogP contribution is -2.51. The van der Waals surface area contributed by atoms with Crippen LogP contribution in [-0.2, 0) is 20.7 Å². The number of carbonyl (C=O) groups excluding carboxylic acids is 1. The van der Waals surface area contributed by atoms with Crippen molar-refractivity contribution in [3.05, 3.63) is 35.9 Å². The highest BCUT2D eigenvalue weighted by atomic mass is 16.7. The van der Waals surface area contributed by atoms with Crippen molar-refractivity contribution >= 4 is 5.91 Å². The van der Waals surface area contributed by atoms with Crippen LogP contribution in [-0.4, -0.2) is 23.9 Å². The van der Waals surface area contributed by atoms with Gasteiger partial charge in [0.25, 0.3) is 0 Å². The van der Waals surface area contributed by atoms with Gasteiger partial charge in [-0.1, -0.05) is 30.3 Å². The van der Waals surface area contributed by atoms with Crippen LogP contribution in [0, 0.1) is 0 Å². The first kappa shape index (κ1) is 14.0. The van der Waals surface area contributed by atoms with Crippen LogP contribution >= 0.6 is 0 Å². The molecule has 1 saturated heterocycles. The first-order chi connectivity index (χ1) is 8.91. The summed E-state index contributed by atoms with van der Waals surface area (Å²) in [5.74, 6) is -1.05. The Kier molecular flexibility index (Phi) is 3.92. The lowest BCUT2D eigenvalue weighted by atomic mass is 9.94. The summed E-state index contributed by atoms with van der Waals surface area (Å²) in [5, 5.41) is 0. The quantitative estimate of drug-likeness (QED) is 0.904. The molecule has 2 atom stereocenters. The molecule has 0 aromatic heterocycles. The number of hydrogen-bond donors (Lipinski definition) is 1. The third-order valence-electron chi connectivity index (χ3n) is 3.42. The Morgan fingerprint density at radius 2 is 2.00 bits per heavy atom. The highest BCUT2D eigenvalue weighted by Crippen LogP contribution is 2.34. The van der Waals surface area contributed by atoms with E-state index in [0.717, 1.165) is 5.56 Å². The zero-order valence-corrected chi connectivity index (χ0v) is 11.5. The number of amides is 1. The van der Waals surface area contributed by atoms with E-state index < -0.39 is 11.4 Å². The number of ether oxygens (including phenoxy) is 2. The van der Waals surface area contributed by atoms with E-state index in [9.17, 15) is 4.79 Å². The number of nitrogens with two attached hydrogens (primary N) is 1. The molecule has 0 spiro atoms. The van der Waals surface area contributed by atoms with E-state index in [-0.39, 0.29) is 12.3 Å². The summed E-state index contributed by atoms with van der Waals surface area (Å²) < 4.78 is 11.8. The topological polar surface area (TPSA) is 61.6 Å². The monoisotopic (exact) mass is 263 g/mol. The third kappa shape index (κ3) is 3.78. The maximum Gasteiger partial charge on any atom is 0.220 e. The predicted octanol–water partition coefficient (Wildman–Crippen LogP) is 2.02. The van der Waals surface area contributed by atoms with Crippen LogP contribution < -0.4 is 5.73 Å². The molecule has 1 aliphatic rings. The van der Waals surface area contributed by atoms with Gasteiger partial charge in [0.05, 0.1) is 18.6 Å². The first-order valence-corrected chi connectivity index (χ1v) is 6.57. The van der Waals surface area contributed by atoms with Crippen molar-refractivity contribution in [3.8, 4) is 0 Å². The molecule has 2 N–H and O–H groups in total. The summed E-state index contributed by atoms with van der Waals surface area (Å²) in [5.41, 5.74) is 5.90. The molecule has 4 heteroatoms. The molecule has 0 radical (unpaired) electrons. The van der Waals surface area contributed by atoms with Gasteiger partial charge >= 0.3 is 0 Å². The Morgan fingerprint density at radius 1 is 1.32 bits per heavy atom. The third-order valence-corrected chi connectivity index (χ3v) is 3.42. The average Bonchev–Trinajstić information content (AvgIpc) is 2.27. The molecule has 104 valence electrons. The van der Waals surface area contributed by atoms with E-state index in [1.54, 1.807) is 0 Å². The average molecular weight is 263 g/mol. The highest BCUT2D eigenvalue weighted by molar-refractivity contribution is 5.74. The Labute approximate surface area is 113 Å². The first-order valence-electron chi connectivity index (χ1n) is 6.57. The maximum absolute atomic E-state index is 11.1. The predicted molar refractivity (Wildman–Crippen MR) is 72.4 cm³/mol. The number of rotatable bonds is 4. The van der Waals surface area contributed by atoms with Gasteiger partial charge in [-0.3, -0.25) is 4.79 Å². The molecular weight excluding hydrogens is 242 g/mol. The SMILES string of the molecule is CC1(CC(N)=O)CCOC(C)(Cc2ccccc2)O1. The van der Waals surface area contributed by atoms with E-state index in [1.807, 2.05) is 44.2 Å². The molecular formula is C15H21NO3. The molecule has 19 heavy (non-hydrogen) atoms. The summed E-state index contributed by atoms with van der Waals surface area (Å²) in [6, 6.07) is 10.0. The lowest BCUT2D eigenvalue weighted by molar-refractivity contribution is -0.313. The number of hydrogen-bond acceptors (Lipinski definition) is 3. The molecule has 0 aliphatic carbocycles. The van der Waals surface area contributed by atoms with Crippen molar-refractivity contribution in [1.29, 1.82) is 0 Å². The molecule has 1 heterocycles. The van der Waals surface area contributed by atoms with E-state index in [1.165, 1.54) is 0 Å². The van der Waals surface area contributed by atoms with Crippen molar-refractivity contribution in [3.63, 3.8) is 0 Å². The van der Waals surface area contributed by atoms with Gasteiger partial charge in [0, 0.05) is 12.8 Å². The summed E-state index contributed by atoms with van der Waals surface area (Å²) in [6.45, 7) is 4.41. The standard InChI is InChI=1S/C15H21NO3/c1-14(11-13(16)17)8-9-18-15(2,19-14)10-12-6-4-3-5-7-12/h3-7H,8-11H2,1-2H3,(H2,16,17). The fraction of sp³-hybridized carbons (Fsp3) is 0.533. The summed E-state index contributed by atoms with van der Waals surface area (Å²) in [6.07, 6.45) is 1.56. The van der Waals surface area contributed by atoms with Crippen LogP contribution in [0.5, 0.6) is 0 Å². The van der Waals surface area contributed by atoms with Gasteiger partial charge in [0.15, 0.2) is 5.79 Å². The molecule has 2 unspecified atom stereocenters. The smallest absolute Gasteiger partial charge is 0.220 e. The van der Waals surface area contributed by atoms with Gasteiger partial charge in [-0.25, -0.2) is 0 Å². The minimum atomic E-state index is -0.705. The second-order valence-electron chi connectivity index (χ2n) is 5.59. The van der Waals surface area contributed by atoms with Crippen LogP contribution in [0.2, 0.25) is 0 Å². The number of carbonyl (C=O) groups is 1. The second-order valence-corrected chi connectivity index (χ2v) is 5.59. The van der Waals surface area contributed by atoms with Crippen LogP contribution in [0.3, 0.4) is 0 Å². The molecule has 1 aliphatic heterocycles. The van der Waals surface area contributed by atoms with Gasteiger partial charge in [0.1, 0.15) is 0 Å². The van der Waals surface area contributed by atoms with Crippen molar-refractivity contribution in [2.45, 2.75) is 44.5 Å². The second kappa shape index (κ2) is 5.31. The molecule has 4 nitrogen and oxygen atoms in total. The van der Waals surface area contributed by atoms with E-state index in [0.29, 0.717) is 19.4 Å². The van der Waals surface area contributed by atoms with Crippen molar-refractivity contribution < 1.29 is 14.3 Å². The fourth-order valence-electron chi connectivity index (χ4n) is 2.63. The maximum atomic E-state index is 11.1. The van der Waals surface area contributed by atoms with Crippen molar-refractivity contribution in [1.82, 2.24) is 0 Å². The highest BCUT2D eigenvalue weighted by Gasteiger charge is 2.41. The van der Waals surface area contributed by atoms with Crippen LogP contribution in [0.25, 0.3) is 0 Å². The van der Waals surface area contributed by atoms with Gasteiger partial charge in [-0.2, -0.15) is 0 Å². The van der Waals surface area contributed by atoms with Gasteiger partial charge < -0.3 is 15.2 Å². The minimum Gasteiger partial charge on any atom is -0.370 e.